The molecular weight excluding hydrogens is 234 g/mol. The zero-order valence-electron chi connectivity index (χ0n) is 12.6. The maximum absolute atomic E-state index is 6.19. The van der Waals surface area contributed by atoms with E-state index in [0.29, 0.717) is 17.9 Å². The molecule has 2 atom stereocenters. The molecule has 2 nitrogen and oxygen atoms in total. The normalized spacial score (nSPS) is 24.1. The smallest absolute Gasteiger partial charge is 0.0953 e. The lowest BCUT2D eigenvalue weighted by Crippen LogP contribution is -2.43. The molecule has 2 heteroatoms. The molecule has 2 unspecified atom stereocenters. The van der Waals surface area contributed by atoms with Gasteiger partial charge in [0.05, 0.1) is 12.2 Å². The third kappa shape index (κ3) is 4.05. The van der Waals surface area contributed by atoms with Gasteiger partial charge in [-0.05, 0) is 29.4 Å². The van der Waals surface area contributed by atoms with Crippen LogP contribution in [-0.4, -0.2) is 19.2 Å². The van der Waals surface area contributed by atoms with E-state index >= 15 is 0 Å². The molecule has 19 heavy (non-hydrogen) atoms. The van der Waals surface area contributed by atoms with Crippen LogP contribution in [0.15, 0.2) is 24.3 Å². The fourth-order valence-corrected chi connectivity index (χ4v) is 2.59. The summed E-state index contributed by atoms with van der Waals surface area (Å²) in [6.07, 6.45) is 1.68. The second-order valence-corrected chi connectivity index (χ2v) is 6.40. The summed E-state index contributed by atoms with van der Waals surface area (Å²) in [6.45, 7) is 10.9. The molecule has 0 saturated carbocycles. The highest BCUT2D eigenvalue weighted by Gasteiger charge is 2.25. The lowest BCUT2D eigenvalue weighted by molar-refractivity contribution is -0.0603. The first-order valence-corrected chi connectivity index (χ1v) is 7.51. The standard InChI is InChI=1S/C17H27NO/c1-12(2)9-14-5-7-15(8-6-14)17-11-18-10-16(19-17)13(3)4/h5-8,12-13,16-18H,9-11H2,1-4H3. The summed E-state index contributed by atoms with van der Waals surface area (Å²) >= 11 is 0. The Morgan fingerprint density at radius 3 is 2.37 bits per heavy atom. The van der Waals surface area contributed by atoms with Gasteiger partial charge in [-0.25, -0.2) is 0 Å². The molecule has 1 N–H and O–H groups in total. The monoisotopic (exact) mass is 261 g/mol. The summed E-state index contributed by atoms with van der Waals surface area (Å²) in [5.74, 6) is 1.28. The molecule has 0 radical (unpaired) electrons. The topological polar surface area (TPSA) is 21.3 Å². The Bertz CT molecular complexity index is 383. The number of hydrogen-bond acceptors (Lipinski definition) is 2. The molecule has 0 bridgehead atoms. The summed E-state index contributed by atoms with van der Waals surface area (Å²) in [4.78, 5) is 0. The van der Waals surface area contributed by atoms with Crippen LogP contribution in [0.4, 0.5) is 0 Å². The van der Waals surface area contributed by atoms with Crippen LogP contribution in [0.1, 0.15) is 44.9 Å². The first-order chi connectivity index (χ1) is 9.06. The van der Waals surface area contributed by atoms with Crippen LogP contribution in [0.2, 0.25) is 0 Å². The molecule has 0 amide bonds. The molecule has 1 aromatic rings. The van der Waals surface area contributed by atoms with E-state index in [-0.39, 0.29) is 6.10 Å². The predicted molar refractivity (Wildman–Crippen MR) is 80.3 cm³/mol. The third-order valence-electron chi connectivity index (χ3n) is 3.75. The van der Waals surface area contributed by atoms with Crippen molar-refractivity contribution in [2.45, 2.75) is 46.3 Å². The average Bonchev–Trinajstić information content (AvgIpc) is 2.39. The Kier molecular flexibility index (Phi) is 5.00. The van der Waals surface area contributed by atoms with E-state index in [1.54, 1.807) is 0 Å². The number of rotatable bonds is 4. The van der Waals surface area contributed by atoms with Crippen LogP contribution in [-0.2, 0) is 11.2 Å². The fourth-order valence-electron chi connectivity index (χ4n) is 2.59. The fraction of sp³-hybridized carbons (Fsp3) is 0.647. The van der Waals surface area contributed by atoms with Gasteiger partial charge in [0.25, 0.3) is 0 Å². The summed E-state index contributed by atoms with van der Waals surface area (Å²) in [5.41, 5.74) is 2.72. The number of morpholine rings is 1. The van der Waals surface area contributed by atoms with Crippen LogP contribution in [0.3, 0.4) is 0 Å². The molecule has 2 rings (SSSR count). The van der Waals surface area contributed by atoms with Crippen molar-refractivity contribution in [3.8, 4) is 0 Å². The highest BCUT2D eigenvalue weighted by molar-refractivity contribution is 5.25. The minimum Gasteiger partial charge on any atom is -0.367 e. The highest BCUT2D eigenvalue weighted by Crippen LogP contribution is 2.25. The van der Waals surface area contributed by atoms with E-state index in [2.05, 4.69) is 57.3 Å². The molecule has 0 spiro atoms. The van der Waals surface area contributed by atoms with Crippen LogP contribution in [0.25, 0.3) is 0 Å². The van der Waals surface area contributed by atoms with E-state index in [4.69, 9.17) is 4.74 Å². The summed E-state index contributed by atoms with van der Waals surface area (Å²) in [5, 5.41) is 3.49. The predicted octanol–water partition coefficient (Wildman–Crippen LogP) is 3.57. The van der Waals surface area contributed by atoms with Crippen molar-refractivity contribution in [1.29, 1.82) is 0 Å². The van der Waals surface area contributed by atoms with Crippen molar-refractivity contribution in [2.75, 3.05) is 13.1 Å². The Morgan fingerprint density at radius 2 is 1.79 bits per heavy atom. The zero-order valence-corrected chi connectivity index (χ0v) is 12.6. The van der Waals surface area contributed by atoms with E-state index in [1.807, 2.05) is 0 Å². The Morgan fingerprint density at radius 1 is 1.11 bits per heavy atom. The summed E-state index contributed by atoms with van der Waals surface area (Å²) in [6, 6.07) is 8.95. The van der Waals surface area contributed by atoms with Crippen LogP contribution in [0.5, 0.6) is 0 Å². The van der Waals surface area contributed by atoms with Crippen molar-refractivity contribution in [3.63, 3.8) is 0 Å². The van der Waals surface area contributed by atoms with Gasteiger partial charge in [0, 0.05) is 13.1 Å². The van der Waals surface area contributed by atoms with Crippen molar-refractivity contribution in [3.05, 3.63) is 35.4 Å². The number of nitrogens with one attached hydrogen (secondary N) is 1. The first-order valence-electron chi connectivity index (χ1n) is 7.51. The number of benzene rings is 1. The van der Waals surface area contributed by atoms with Gasteiger partial charge in [-0.15, -0.1) is 0 Å². The van der Waals surface area contributed by atoms with Gasteiger partial charge in [0.2, 0.25) is 0 Å². The summed E-state index contributed by atoms with van der Waals surface area (Å²) < 4.78 is 6.19. The lowest BCUT2D eigenvalue weighted by Gasteiger charge is -2.33. The van der Waals surface area contributed by atoms with Crippen molar-refractivity contribution >= 4 is 0 Å². The highest BCUT2D eigenvalue weighted by atomic mass is 16.5. The van der Waals surface area contributed by atoms with Crippen LogP contribution >= 0.6 is 0 Å². The van der Waals surface area contributed by atoms with Gasteiger partial charge < -0.3 is 10.1 Å². The van der Waals surface area contributed by atoms with E-state index in [9.17, 15) is 0 Å². The molecule has 1 saturated heterocycles. The van der Waals surface area contributed by atoms with Gasteiger partial charge in [-0.1, -0.05) is 52.0 Å². The van der Waals surface area contributed by atoms with E-state index in [0.717, 1.165) is 19.5 Å². The maximum Gasteiger partial charge on any atom is 0.0953 e. The molecule has 1 aliphatic rings. The van der Waals surface area contributed by atoms with Crippen LogP contribution in [0, 0.1) is 11.8 Å². The van der Waals surface area contributed by atoms with E-state index in [1.165, 1.54) is 11.1 Å². The molecule has 0 aliphatic carbocycles. The minimum atomic E-state index is 0.203. The maximum atomic E-state index is 6.19. The third-order valence-corrected chi connectivity index (χ3v) is 3.75. The Hall–Kier alpha value is -0.860. The SMILES string of the molecule is CC(C)Cc1ccc(C2CNCC(C(C)C)O2)cc1. The van der Waals surface area contributed by atoms with Gasteiger partial charge in [0.15, 0.2) is 0 Å². The molecule has 106 valence electrons. The quantitative estimate of drug-likeness (QED) is 0.894. The molecule has 1 aromatic carbocycles. The lowest BCUT2D eigenvalue weighted by atomic mass is 9.99. The Labute approximate surface area is 117 Å². The van der Waals surface area contributed by atoms with Gasteiger partial charge >= 0.3 is 0 Å². The van der Waals surface area contributed by atoms with Crippen molar-refractivity contribution in [2.24, 2.45) is 11.8 Å². The number of hydrogen-bond donors (Lipinski definition) is 1. The van der Waals surface area contributed by atoms with Crippen LogP contribution < -0.4 is 5.32 Å². The molecule has 1 heterocycles. The second-order valence-electron chi connectivity index (χ2n) is 6.40. The minimum absolute atomic E-state index is 0.203. The van der Waals surface area contributed by atoms with Gasteiger partial charge in [-0.3, -0.25) is 0 Å². The van der Waals surface area contributed by atoms with Gasteiger partial charge in [0.1, 0.15) is 0 Å². The van der Waals surface area contributed by atoms with Crippen molar-refractivity contribution < 1.29 is 4.74 Å². The Balaban J connectivity index is 2.01. The molecular formula is C17H27NO. The number of ether oxygens (including phenoxy) is 1. The summed E-state index contributed by atoms with van der Waals surface area (Å²) in [7, 11) is 0. The average molecular weight is 261 g/mol. The largest absolute Gasteiger partial charge is 0.367 e. The zero-order chi connectivity index (χ0) is 13.8. The first kappa shape index (κ1) is 14.5. The molecule has 1 aliphatic heterocycles. The van der Waals surface area contributed by atoms with E-state index < -0.39 is 0 Å². The molecule has 0 aromatic heterocycles. The van der Waals surface area contributed by atoms with Crippen molar-refractivity contribution in [1.82, 2.24) is 5.32 Å². The molecule has 1 fully saturated rings. The van der Waals surface area contributed by atoms with Gasteiger partial charge in [-0.2, -0.15) is 0 Å². The second kappa shape index (κ2) is 6.53.